The number of fused-ring (bicyclic) bond motifs is 1. The van der Waals surface area contributed by atoms with Crippen LogP contribution in [-0.2, 0) is 16.6 Å². The molecule has 0 radical (unpaired) electrons. The summed E-state index contributed by atoms with van der Waals surface area (Å²) >= 11 is 6.17. The van der Waals surface area contributed by atoms with Gasteiger partial charge in [-0.1, -0.05) is 29.8 Å². The normalized spacial score (nSPS) is 15.7. The van der Waals surface area contributed by atoms with Crippen LogP contribution in [0.3, 0.4) is 0 Å². The summed E-state index contributed by atoms with van der Waals surface area (Å²) in [6, 6.07) is 11.8. The van der Waals surface area contributed by atoms with Crippen LogP contribution in [0.15, 0.2) is 56.6 Å². The molecule has 1 fully saturated rings. The van der Waals surface area contributed by atoms with Crippen LogP contribution in [0.25, 0.3) is 11.1 Å². The lowest BCUT2D eigenvalue weighted by Gasteiger charge is -2.15. The SMILES string of the molecule is O=c1oc2cc(S(=O)(=O)N3CCCC3)ccc2n1Cc1ccccc1Cl. The van der Waals surface area contributed by atoms with Crippen molar-refractivity contribution in [2.75, 3.05) is 13.1 Å². The molecule has 4 rings (SSSR count). The van der Waals surface area contributed by atoms with Crippen molar-refractivity contribution < 1.29 is 12.8 Å². The van der Waals surface area contributed by atoms with Gasteiger partial charge in [0.25, 0.3) is 0 Å². The molecular weight excluding hydrogens is 376 g/mol. The molecule has 1 aromatic heterocycles. The highest BCUT2D eigenvalue weighted by atomic mass is 35.5. The van der Waals surface area contributed by atoms with Gasteiger partial charge in [0.1, 0.15) is 0 Å². The Morgan fingerprint density at radius 1 is 1.08 bits per heavy atom. The summed E-state index contributed by atoms with van der Waals surface area (Å²) in [5, 5.41) is 0.557. The monoisotopic (exact) mass is 392 g/mol. The van der Waals surface area contributed by atoms with E-state index in [1.54, 1.807) is 12.1 Å². The number of halogens is 1. The van der Waals surface area contributed by atoms with Gasteiger partial charge in [0.05, 0.1) is 17.0 Å². The van der Waals surface area contributed by atoms with Gasteiger partial charge in [0.2, 0.25) is 10.0 Å². The topological polar surface area (TPSA) is 72.5 Å². The number of hydrogen-bond acceptors (Lipinski definition) is 4. The lowest BCUT2D eigenvalue weighted by atomic mass is 10.2. The Hall–Kier alpha value is -2.09. The van der Waals surface area contributed by atoms with Crippen LogP contribution in [0.4, 0.5) is 0 Å². The zero-order valence-corrected chi connectivity index (χ0v) is 15.5. The fourth-order valence-electron chi connectivity index (χ4n) is 3.23. The highest BCUT2D eigenvalue weighted by Crippen LogP contribution is 2.25. The third kappa shape index (κ3) is 2.96. The average Bonchev–Trinajstić information content (AvgIpc) is 3.25. The van der Waals surface area contributed by atoms with Crippen molar-refractivity contribution in [2.45, 2.75) is 24.3 Å². The maximum atomic E-state index is 12.7. The van der Waals surface area contributed by atoms with Gasteiger partial charge < -0.3 is 4.42 Å². The molecule has 0 amide bonds. The van der Waals surface area contributed by atoms with Crippen molar-refractivity contribution in [1.82, 2.24) is 8.87 Å². The molecule has 1 saturated heterocycles. The molecule has 0 atom stereocenters. The summed E-state index contributed by atoms with van der Waals surface area (Å²) in [6.45, 7) is 1.30. The van der Waals surface area contributed by atoms with E-state index in [-0.39, 0.29) is 17.0 Å². The van der Waals surface area contributed by atoms with Gasteiger partial charge in [-0.15, -0.1) is 0 Å². The second kappa shape index (κ2) is 6.57. The van der Waals surface area contributed by atoms with Gasteiger partial charge in [0, 0.05) is 24.2 Å². The highest BCUT2D eigenvalue weighted by molar-refractivity contribution is 7.89. The minimum Gasteiger partial charge on any atom is -0.408 e. The Morgan fingerprint density at radius 3 is 2.54 bits per heavy atom. The summed E-state index contributed by atoms with van der Waals surface area (Å²) in [7, 11) is -3.56. The molecule has 0 saturated carbocycles. The van der Waals surface area contributed by atoms with E-state index in [0.717, 1.165) is 18.4 Å². The molecule has 0 bridgehead atoms. The lowest BCUT2D eigenvalue weighted by molar-refractivity contribution is 0.477. The predicted molar refractivity (Wildman–Crippen MR) is 99.0 cm³/mol. The molecule has 2 aromatic carbocycles. The number of nitrogens with zero attached hydrogens (tertiary/aromatic N) is 2. The van der Waals surface area contributed by atoms with E-state index in [1.165, 1.54) is 21.0 Å². The summed E-state index contributed by atoms with van der Waals surface area (Å²) in [5.41, 5.74) is 1.57. The van der Waals surface area contributed by atoms with Crippen molar-refractivity contribution in [3.05, 3.63) is 63.6 Å². The Kier molecular flexibility index (Phi) is 4.38. The predicted octanol–water partition coefficient (Wildman–Crippen LogP) is 3.08. The van der Waals surface area contributed by atoms with Crippen molar-refractivity contribution >= 4 is 32.7 Å². The Bertz CT molecular complexity index is 1130. The third-order valence-corrected chi connectivity index (χ3v) is 6.89. The fraction of sp³-hybridized carbons (Fsp3) is 0.278. The first kappa shape index (κ1) is 17.3. The summed E-state index contributed by atoms with van der Waals surface area (Å²) in [4.78, 5) is 12.4. The smallest absolute Gasteiger partial charge is 0.408 e. The molecule has 26 heavy (non-hydrogen) atoms. The molecule has 3 aromatic rings. The van der Waals surface area contributed by atoms with Crippen molar-refractivity contribution in [1.29, 1.82) is 0 Å². The van der Waals surface area contributed by atoms with Gasteiger partial charge >= 0.3 is 5.76 Å². The molecule has 0 aliphatic carbocycles. The van der Waals surface area contributed by atoms with E-state index < -0.39 is 15.8 Å². The van der Waals surface area contributed by atoms with Crippen LogP contribution in [0.1, 0.15) is 18.4 Å². The van der Waals surface area contributed by atoms with E-state index in [1.807, 2.05) is 18.2 Å². The zero-order valence-electron chi connectivity index (χ0n) is 13.9. The van der Waals surface area contributed by atoms with Crippen LogP contribution >= 0.6 is 11.6 Å². The zero-order chi connectivity index (χ0) is 18.3. The largest absolute Gasteiger partial charge is 0.420 e. The van der Waals surface area contributed by atoms with Gasteiger partial charge in [-0.2, -0.15) is 4.31 Å². The van der Waals surface area contributed by atoms with Gasteiger partial charge in [-0.05, 0) is 36.6 Å². The second-order valence-corrected chi connectivity index (χ2v) is 8.63. The van der Waals surface area contributed by atoms with E-state index >= 15 is 0 Å². The van der Waals surface area contributed by atoms with Crippen LogP contribution in [0, 0.1) is 0 Å². The maximum absolute atomic E-state index is 12.7. The second-order valence-electron chi connectivity index (χ2n) is 6.29. The van der Waals surface area contributed by atoms with Crippen LogP contribution in [0.5, 0.6) is 0 Å². The molecule has 0 N–H and O–H groups in total. The molecular formula is C18H17ClN2O4S. The Balaban J connectivity index is 1.75. The molecule has 136 valence electrons. The van der Waals surface area contributed by atoms with Gasteiger partial charge in [-0.25, -0.2) is 13.2 Å². The quantitative estimate of drug-likeness (QED) is 0.684. The number of sulfonamides is 1. The molecule has 1 aliphatic heterocycles. The average molecular weight is 393 g/mol. The number of oxazole rings is 1. The molecule has 0 unspecified atom stereocenters. The molecule has 6 nitrogen and oxygen atoms in total. The molecule has 1 aliphatic rings. The third-order valence-electron chi connectivity index (χ3n) is 4.63. The van der Waals surface area contributed by atoms with Crippen molar-refractivity contribution in [2.24, 2.45) is 0 Å². The minimum absolute atomic E-state index is 0.144. The first-order valence-corrected chi connectivity index (χ1v) is 10.2. The van der Waals surface area contributed by atoms with Crippen LogP contribution in [0.2, 0.25) is 5.02 Å². The van der Waals surface area contributed by atoms with Crippen LogP contribution in [-0.4, -0.2) is 30.4 Å². The van der Waals surface area contributed by atoms with Crippen LogP contribution < -0.4 is 5.76 Å². The number of hydrogen-bond donors (Lipinski definition) is 0. The van der Waals surface area contributed by atoms with Crippen molar-refractivity contribution in [3.63, 3.8) is 0 Å². The van der Waals surface area contributed by atoms with Gasteiger partial charge in [-0.3, -0.25) is 4.57 Å². The Labute approximate surface area is 155 Å². The lowest BCUT2D eigenvalue weighted by Crippen LogP contribution is -2.27. The Morgan fingerprint density at radius 2 is 1.81 bits per heavy atom. The van der Waals surface area contributed by atoms with E-state index in [2.05, 4.69) is 0 Å². The number of benzene rings is 2. The molecule has 2 heterocycles. The van der Waals surface area contributed by atoms with E-state index in [4.69, 9.17) is 16.0 Å². The fourth-order valence-corrected chi connectivity index (χ4v) is 4.96. The first-order valence-electron chi connectivity index (χ1n) is 8.34. The maximum Gasteiger partial charge on any atom is 0.420 e. The van der Waals surface area contributed by atoms with Gasteiger partial charge in [0.15, 0.2) is 5.58 Å². The summed E-state index contributed by atoms with van der Waals surface area (Å²) in [5.74, 6) is -0.546. The first-order chi connectivity index (χ1) is 12.5. The number of rotatable bonds is 4. The molecule has 8 heteroatoms. The van der Waals surface area contributed by atoms with E-state index in [9.17, 15) is 13.2 Å². The molecule has 0 spiro atoms. The summed E-state index contributed by atoms with van der Waals surface area (Å²) in [6.07, 6.45) is 1.73. The van der Waals surface area contributed by atoms with Crippen molar-refractivity contribution in [3.8, 4) is 0 Å². The summed E-state index contributed by atoms with van der Waals surface area (Å²) < 4.78 is 33.6. The standard InChI is InChI=1S/C18H17ClN2O4S/c19-15-6-2-1-5-13(15)12-21-16-8-7-14(11-17(16)25-18(21)22)26(23,24)20-9-3-4-10-20/h1-2,5-8,11H,3-4,9-10,12H2. The van der Waals surface area contributed by atoms with E-state index in [0.29, 0.717) is 23.6 Å². The highest BCUT2D eigenvalue weighted by Gasteiger charge is 2.28. The number of aromatic nitrogens is 1. The minimum atomic E-state index is -3.56.